The first-order chi connectivity index (χ1) is 13.5. The zero-order chi connectivity index (χ0) is 20.1. The van der Waals surface area contributed by atoms with Gasteiger partial charge >= 0.3 is 0 Å². The Bertz CT molecular complexity index is 976. The molecule has 1 heterocycles. The third-order valence-corrected chi connectivity index (χ3v) is 4.48. The average Bonchev–Trinajstić information content (AvgIpc) is 3.06. The largest absolute Gasteiger partial charge is 0.311 e. The summed E-state index contributed by atoms with van der Waals surface area (Å²) in [4.78, 5) is 22.8. The number of hydrogen-bond acceptors (Lipinski definition) is 4. The summed E-state index contributed by atoms with van der Waals surface area (Å²) in [6.07, 6.45) is 2.00. The molecule has 0 saturated carbocycles. The molecule has 0 bridgehead atoms. The van der Waals surface area contributed by atoms with E-state index >= 15 is 0 Å². The summed E-state index contributed by atoms with van der Waals surface area (Å²) in [5.74, 6) is 0.431. The van der Waals surface area contributed by atoms with Crippen LogP contribution in [0.1, 0.15) is 30.2 Å². The van der Waals surface area contributed by atoms with E-state index in [-0.39, 0.29) is 11.6 Å². The number of nitro benzene ring substituents is 1. The third-order valence-electron chi connectivity index (χ3n) is 4.48. The highest BCUT2D eigenvalue weighted by Crippen LogP contribution is 2.20. The zero-order valence-corrected chi connectivity index (χ0v) is 15.9. The van der Waals surface area contributed by atoms with E-state index in [0.29, 0.717) is 24.3 Å². The van der Waals surface area contributed by atoms with Crippen LogP contribution in [0.4, 0.5) is 11.5 Å². The van der Waals surface area contributed by atoms with Gasteiger partial charge in [-0.15, -0.1) is 0 Å². The van der Waals surface area contributed by atoms with E-state index < -0.39 is 4.92 Å². The van der Waals surface area contributed by atoms with Gasteiger partial charge in [-0.2, -0.15) is 5.10 Å². The van der Waals surface area contributed by atoms with Crippen molar-refractivity contribution in [2.75, 3.05) is 5.32 Å². The molecule has 3 aromatic rings. The van der Waals surface area contributed by atoms with Crippen molar-refractivity contribution in [3.05, 3.63) is 81.5 Å². The van der Waals surface area contributed by atoms with E-state index in [1.165, 1.54) is 17.7 Å². The molecule has 0 fully saturated rings. The first-order valence-electron chi connectivity index (χ1n) is 9.15. The van der Waals surface area contributed by atoms with Crippen molar-refractivity contribution in [2.45, 2.75) is 33.1 Å². The smallest absolute Gasteiger partial charge is 0.269 e. The molecule has 1 N–H and O–H groups in total. The second-order valence-corrected chi connectivity index (χ2v) is 6.57. The fourth-order valence-corrected chi connectivity index (χ4v) is 2.91. The summed E-state index contributed by atoms with van der Waals surface area (Å²) < 4.78 is 1.58. The van der Waals surface area contributed by atoms with Crippen molar-refractivity contribution >= 4 is 17.4 Å². The number of aryl methyl sites for hydroxylation is 3. The summed E-state index contributed by atoms with van der Waals surface area (Å²) >= 11 is 0. The maximum Gasteiger partial charge on any atom is 0.269 e. The lowest BCUT2D eigenvalue weighted by Gasteiger charge is -2.09. The van der Waals surface area contributed by atoms with E-state index in [4.69, 9.17) is 0 Å². The number of carbonyl (C=O) groups excluding carboxylic acids is 1. The lowest BCUT2D eigenvalue weighted by Crippen LogP contribution is -2.15. The van der Waals surface area contributed by atoms with Gasteiger partial charge in [0, 0.05) is 24.6 Å². The molecule has 0 aliphatic rings. The number of anilines is 1. The van der Waals surface area contributed by atoms with E-state index in [1.54, 1.807) is 22.9 Å². The van der Waals surface area contributed by atoms with Crippen LogP contribution in [0.15, 0.2) is 54.6 Å². The van der Waals surface area contributed by atoms with Crippen molar-refractivity contribution in [1.29, 1.82) is 0 Å². The number of nitro groups is 1. The molecule has 2 aromatic carbocycles. The van der Waals surface area contributed by atoms with Gasteiger partial charge in [0.05, 0.1) is 16.3 Å². The Labute approximate surface area is 163 Å². The molecule has 0 aliphatic carbocycles. The summed E-state index contributed by atoms with van der Waals surface area (Å²) in [7, 11) is 0. The zero-order valence-electron chi connectivity index (χ0n) is 15.9. The number of non-ortho nitro benzene ring substituents is 1. The highest BCUT2D eigenvalue weighted by atomic mass is 16.6. The van der Waals surface area contributed by atoms with Crippen LogP contribution in [0.3, 0.4) is 0 Å². The van der Waals surface area contributed by atoms with E-state index in [0.717, 1.165) is 17.7 Å². The van der Waals surface area contributed by atoms with Gasteiger partial charge in [-0.1, -0.05) is 31.2 Å². The van der Waals surface area contributed by atoms with Gasteiger partial charge < -0.3 is 5.32 Å². The number of nitrogens with one attached hydrogen (secondary N) is 1. The maximum absolute atomic E-state index is 12.4. The summed E-state index contributed by atoms with van der Waals surface area (Å²) in [5, 5.41) is 18.1. The van der Waals surface area contributed by atoms with Crippen LogP contribution in [-0.4, -0.2) is 20.6 Å². The van der Waals surface area contributed by atoms with Gasteiger partial charge in [0.1, 0.15) is 5.82 Å². The minimum absolute atomic E-state index is 0.00676. The van der Waals surface area contributed by atoms with Crippen molar-refractivity contribution in [3.8, 4) is 5.69 Å². The van der Waals surface area contributed by atoms with Crippen molar-refractivity contribution in [2.24, 2.45) is 0 Å². The fourth-order valence-electron chi connectivity index (χ4n) is 2.91. The number of nitrogens with zero attached hydrogens (tertiary/aromatic N) is 3. The molecular weight excluding hydrogens is 356 g/mol. The monoisotopic (exact) mass is 378 g/mol. The van der Waals surface area contributed by atoms with E-state index in [1.807, 2.05) is 6.92 Å². The van der Waals surface area contributed by atoms with Gasteiger partial charge in [-0.05, 0) is 43.0 Å². The number of hydrogen-bond donors (Lipinski definition) is 1. The quantitative estimate of drug-likeness (QED) is 0.492. The van der Waals surface area contributed by atoms with Crippen LogP contribution in [0.2, 0.25) is 0 Å². The number of rotatable bonds is 7. The molecule has 0 radical (unpaired) electrons. The maximum atomic E-state index is 12.4. The predicted molar refractivity (Wildman–Crippen MR) is 108 cm³/mol. The van der Waals surface area contributed by atoms with Crippen molar-refractivity contribution in [1.82, 2.24) is 9.78 Å². The Morgan fingerprint density at radius 2 is 1.75 bits per heavy atom. The summed E-state index contributed by atoms with van der Waals surface area (Å²) in [5.41, 5.74) is 3.78. The third kappa shape index (κ3) is 4.62. The molecule has 7 nitrogen and oxygen atoms in total. The fraction of sp³-hybridized carbons (Fsp3) is 0.238. The van der Waals surface area contributed by atoms with Gasteiger partial charge in [-0.25, -0.2) is 4.68 Å². The molecule has 28 heavy (non-hydrogen) atoms. The number of aromatic nitrogens is 2. The van der Waals surface area contributed by atoms with Crippen LogP contribution < -0.4 is 5.32 Å². The average molecular weight is 378 g/mol. The summed E-state index contributed by atoms with van der Waals surface area (Å²) in [6, 6.07) is 16.1. The predicted octanol–water partition coefficient (Wildman–Crippen LogP) is 4.22. The number of amides is 1. The molecular formula is C21H22N4O3. The van der Waals surface area contributed by atoms with Crippen LogP contribution in [0.25, 0.3) is 5.69 Å². The molecule has 7 heteroatoms. The lowest BCUT2D eigenvalue weighted by molar-refractivity contribution is -0.384. The van der Waals surface area contributed by atoms with E-state index in [2.05, 4.69) is 41.6 Å². The van der Waals surface area contributed by atoms with Crippen molar-refractivity contribution in [3.63, 3.8) is 0 Å². The molecule has 144 valence electrons. The molecule has 0 spiro atoms. The van der Waals surface area contributed by atoms with Gasteiger partial charge in [0.2, 0.25) is 5.91 Å². The Hall–Kier alpha value is -3.48. The molecule has 0 saturated heterocycles. The SMILES string of the molecule is CCc1ccc(CCC(=O)Nc2cc(C)nn2-c2ccc([N+](=O)[O-])cc2)cc1. The normalized spacial score (nSPS) is 10.6. The Balaban J connectivity index is 1.68. The number of carbonyl (C=O) groups is 1. The first kappa shape index (κ1) is 19.3. The van der Waals surface area contributed by atoms with Crippen LogP contribution in [0, 0.1) is 17.0 Å². The molecule has 0 unspecified atom stereocenters. The van der Waals surface area contributed by atoms with Gasteiger partial charge in [0.15, 0.2) is 0 Å². The van der Waals surface area contributed by atoms with Gasteiger partial charge in [0.25, 0.3) is 5.69 Å². The Morgan fingerprint density at radius 3 is 2.36 bits per heavy atom. The molecule has 0 aliphatic heterocycles. The Morgan fingerprint density at radius 1 is 1.11 bits per heavy atom. The molecule has 1 amide bonds. The highest BCUT2D eigenvalue weighted by Gasteiger charge is 2.12. The minimum Gasteiger partial charge on any atom is -0.311 e. The van der Waals surface area contributed by atoms with Crippen molar-refractivity contribution < 1.29 is 9.72 Å². The molecule has 0 atom stereocenters. The minimum atomic E-state index is -0.451. The molecule has 1 aromatic heterocycles. The van der Waals surface area contributed by atoms with Crippen LogP contribution in [0.5, 0.6) is 0 Å². The standard InChI is InChI=1S/C21H22N4O3/c1-3-16-4-6-17(7-5-16)8-13-21(26)22-20-14-15(2)23-24(20)18-9-11-19(12-10-18)25(27)28/h4-7,9-12,14H,3,8,13H2,1-2H3,(H,22,26). The van der Waals surface area contributed by atoms with E-state index in [9.17, 15) is 14.9 Å². The summed E-state index contributed by atoms with van der Waals surface area (Å²) in [6.45, 7) is 3.94. The second-order valence-electron chi connectivity index (χ2n) is 6.57. The number of benzene rings is 2. The Kier molecular flexibility index (Phi) is 5.84. The van der Waals surface area contributed by atoms with Crippen LogP contribution >= 0.6 is 0 Å². The van der Waals surface area contributed by atoms with Crippen LogP contribution in [-0.2, 0) is 17.6 Å². The van der Waals surface area contributed by atoms with Gasteiger partial charge in [-0.3, -0.25) is 14.9 Å². The lowest BCUT2D eigenvalue weighted by atomic mass is 10.1. The second kappa shape index (κ2) is 8.47. The first-order valence-corrected chi connectivity index (χ1v) is 9.15. The molecule has 3 rings (SSSR count). The highest BCUT2D eigenvalue weighted by molar-refractivity contribution is 5.90. The topological polar surface area (TPSA) is 90.1 Å².